The van der Waals surface area contributed by atoms with Gasteiger partial charge in [-0.1, -0.05) is 20.8 Å². The van der Waals surface area contributed by atoms with Gasteiger partial charge in [0.05, 0.1) is 5.60 Å². The molecule has 3 saturated carbocycles. The molecule has 3 heteroatoms. The second-order valence-corrected chi connectivity index (χ2v) is 10.7. The van der Waals surface area contributed by atoms with Crippen molar-refractivity contribution in [2.75, 3.05) is 0 Å². The molecule has 7 atom stereocenters. The van der Waals surface area contributed by atoms with Crippen molar-refractivity contribution < 1.29 is 14.7 Å². The molecule has 0 aromatic rings. The molecule has 0 heterocycles. The van der Waals surface area contributed by atoms with Gasteiger partial charge < -0.3 is 5.11 Å². The molecule has 0 saturated heterocycles. The van der Waals surface area contributed by atoms with Gasteiger partial charge in [-0.25, -0.2) is 0 Å². The fourth-order valence-electron chi connectivity index (χ4n) is 7.85. The summed E-state index contributed by atoms with van der Waals surface area (Å²) in [6.07, 6.45) is 8.24. The smallest absolute Gasteiger partial charge is 0.155 e. The van der Waals surface area contributed by atoms with E-state index in [1.54, 1.807) is 13.0 Å². The number of rotatable bonds is 1. The molecular weight excluding hydrogens is 324 g/mol. The van der Waals surface area contributed by atoms with Gasteiger partial charge in [0.15, 0.2) is 5.78 Å². The lowest BCUT2D eigenvalue weighted by Crippen LogP contribution is -2.58. The lowest BCUT2D eigenvalue weighted by Gasteiger charge is -2.62. The zero-order valence-electron chi connectivity index (χ0n) is 17.0. The fraction of sp³-hybridized carbons (Fsp3) is 0.826. The van der Waals surface area contributed by atoms with E-state index in [1.165, 1.54) is 0 Å². The minimum absolute atomic E-state index is 0.0398. The van der Waals surface area contributed by atoms with Crippen LogP contribution in [0.15, 0.2) is 11.6 Å². The molecule has 4 rings (SSSR count). The average molecular weight is 359 g/mol. The van der Waals surface area contributed by atoms with E-state index in [9.17, 15) is 14.7 Å². The highest BCUT2D eigenvalue weighted by molar-refractivity contribution is 5.92. The summed E-state index contributed by atoms with van der Waals surface area (Å²) in [4.78, 5) is 24.6. The Balaban J connectivity index is 1.78. The number of carbonyl (C=O) groups excluding carboxylic acids is 2. The van der Waals surface area contributed by atoms with E-state index < -0.39 is 5.60 Å². The summed E-state index contributed by atoms with van der Waals surface area (Å²) in [5.74, 6) is 1.97. The number of carbonyl (C=O) groups is 2. The van der Waals surface area contributed by atoms with Crippen molar-refractivity contribution in [3.05, 3.63) is 11.6 Å². The predicted octanol–water partition coefficient (Wildman–Crippen LogP) is 4.47. The molecule has 26 heavy (non-hydrogen) atoms. The van der Waals surface area contributed by atoms with Crippen LogP contribution in [0.5, 0.6) is 0 Å². The Morgan fingerprint density at radius 1 is 1.08 bits per heavy atom. The summed E-state index contributed by atoms with van der Waals surface area (Å²) in [7, 11) is 0. The topological polar surface area (TPSA) is 54.4 Å². The molecule has 0 aliphatic heterocycles. The Kier molecular flexibility index (Phi) is 3.76. The normalized spacial score (nSPS) is 53.4. The van der Waals surface area contributed by atoms with Crippen LogP contribution in [0.4, 0.5) is 0 Å². The van der Waals surface area contributed by atoms with Crippen LogP contribution in [-0.2, 0) is 9.59 Å². The first-order valence-corrected chi connectivity index (χ1v) is 10.4. The molecule has 0 amide bonds. The molecule has 1 unspecified atom stereocenters. The third-order valence-corrected chi connectivity index (χ3v) is 9.66. The lowest BCUT2D eigenvalue weighted by atomic mass is 9.43. The number of aliphatic hydroxyl groups is 1. The number of fused-ring (bicyclic) bond motifs is 5. The van der Waals surface area contributed by atoms with Crippen molar-refractivity contribution in [1.82, 2.24) is 0 Å². The molecule has 0 radical (unpaired) electrons. The van der Waals surface area contributed by atoms with Crippen LogP contribution in [0.3, 0.4) is 0 Å². The Labute approximate surface area is 157 Å². The fourth-order valence-corrected chi connectivity index (χ4v) is 7.85. The van der Waals surface area contributed by atoms with E-state index in [0.29, 0.717) is 30.0 Å². The molecule has 0 aromatic carbocycles. The van der Waals surface area contributed by atoms with E-state index in [1.807, 2.05) is 6.92 Å². The SMILES string of the molecule is CC(=O)[C@@]1(C)CC[C@H]2[C@@H]3CC(C)(O)C4=CC(=O)CC[C@]4(C)[C@H]3CC[C@@]21C. The highest BCUT2D eigenvalue weighted by Gasteiger charge is 2.66. The molecule has 4 aliphatic rings. The van der Waals surface area contributed by atoms with Crippen LogP contribution in [0, 0.1) is 34.0 Å². The molecule has 144 valence electrons. The van der Waals surface area contributed by atoms with Crippen molar-refractivity contribution in [2.45, 2.75) is 85.2 Å². The van der Waals surface area contributed by atoms with Crippen molar-refractivity contribution in [1.29, 1.82) is 0 Å². The minimum Gasteiger partial charge on any atom is -0.386 e. The first-order valence-electron chi connectivity index (χ1n) is 10.4. The third kappa shape index (κ3) is 2.10. The van der Waals surface area contributed by atoms with Crippen LogP contribution in [-0.4, -0.2) is 22.3 Å². The highest BCUT2D eigenvalue weighted by Crippen LogP contribution is 2.70. The van der Waals surface area contributed by atoms with Gasteiger partial charge in [0.2, 0.25) is 0 Å². The second kappa shape index (κ2) is 5.31. The summed E-state index contributed by atoms with van der Waals surface area (Å²) in [5, 5.41) is 11.3. The van der Waals surface area contributed by atoms with Gasteiger partial charge in [-0.05, 0) is 92.6 Å². The zero-order valence-corrected chi connectivity index (χ0v) is 17.0. The highest BCUT2D eigenvalue weighted by atomic mass is 16.3. The second-order valence-electron chi connectivity index (χ2n) is 10.7. The van der Waals surface area contributed by atoms with Crippen LogP contribution < -0.4 is 0 Å². The van der Waals surface area contributed by atoms with E-state index in [4.69, 9.17) is 0 Å². The summed E-state index contributed by atoms with van der Waals surface area (Å²) >= 11 is 0. The van der Waals surface area contributed by atoms with Gasteiger partial charge in [0, 0.05) is 11.8 Å². The van der Waals surface area contributed by atoms with Gasteiger partial charge >= 0.3 is 0 Å². The van der Waals surface area contributed by atoms with Gasteiger partial charge in [0.1, 0.15) is 5.78 Å². The van der Waals surface area contributed by atoms with Crippen LogP contribution in [0.1, 0.15) is 79.6 Å². The Bertz CT molecular complexity index is 704. The maximum Gasteiger partial charge on any atom is 0.155 e. The first-order chi connectivity index (χ1) is 12.0. The van der Waals surface area contributed by atoms with Crippen LogP contribution >= 0.6 is 0 Å². The predicted molar refractivity (Wildman–Crippen MR) is 102 cm³/mol. The summed E-state index contributed by atoms with van der Waals surface area (Å²) < 4.78 is 0. The minimum atomic E-state index is -0.903. The molecule has 3 fully saturated rings. The number of ketones is 2. The van der Waals surface area contributed by atoms with Crippen LogP contribution in [0.2, 0.25) is 0 Å². The number of Topliss-reactive ketones (excluding diaryl/α,β-unsaturated/α-hetero) is 1. The summed E-state index contributed by atoms with van der Waals surface area (Å²) in [5.41, 5.74) is -0.180. The van der Waals surface area contributed by atoms with E-state index in [0.717, 1.165) is 44.1 Å². The van der Waals surface area contributed by atoms with Crippen molar-refractivity contribution >= 4 is 11.6 Å². The summed E-state index contributed by atoms with van der Waals surface area (Å²) in [6, 6.07) is 0. The maximum atomic E-state index is 12.5. The number of hydrogen-bond donors (Lipinski definition) is 1. The largest absolute Gasteiger partial charge is 0.386 e. The average Bonchev–Trinajstić information content (AvgIpc) is 2.82. The van der Waals surface area contributed by atoms with E-state index >= 15 is 0 Å². The molecule has 0 spiro atoms. The van der Waals surface area contributed by atoms with Gasteiger partial charge in [0.25, 0.3) is 0 Å². The van der Waals surface area contributed by atoms with Crippen molar-refractivity contribution in [2.24, 2.45) is 34.0 Å². The Morgan fingerprint density at radius 2 is 1.73 bits per heavy atom. The van der Waals surface area contributed by atoms with Crippen molar-refractivity contribution in [3.63, 3.8) is 0 Å². The molecule has 4 aliphatic carbocycles. The van der Waals surface area contributed by atoms with Crippen molar-refractivity contribution in [3.8, 4) is 0 Å². The number of hydrogen-bond acceptors (Lipinski definition) is 3. The Hall–Kier alpha value is -0.960. The Morgan fingerprint density at radius 3 is 2.38 bits per heavy atom. The van der Waals surface area contributed by atoms with Gasteiger partial charge in [-0.15, -0.1) is 0 Å². The molecule has 1 N–H and O–H groups in total. The lowest BCUT2D eigenvalue weighted by molar-refractivity contribution is -0.145. The van der Waals surface area contributed by atoms with Gasteiger partial charge in [-0.3, -0.25) is 9.59 Å². The molecule has 0 bridgehead atoms. The molecule has 0 aromatic heterocycles. The van der Waals surface area contributed by atoms with E-state index in [2.05, 4.69) is 20.8 Å². The first kappa shape index (κ1) is 18.4. The maximum absolute atomic E-state index is 12.5. The monoisotopic (exact) mass is 358 g/mol. The van der Waals surface area contributed by atoms with Crippen LogP contribution in [0.25, 0.3) is 0 Å². The summed E-state index contributed by atoms with van der Waals surface area (Å²) in [6.45, 7) is 10.5. The van der Waals surface area contributed by atoms with Gasteiger partial charge in [-0.2, -0.15) is 0 Å². The standard InChI is InChI=1S/C23H34O3/c1-14(24)21(3)10-8-18-16-13-23(5,26)19-12-15(25)6-9-20(19,2)17(16)7-11-22(18,21)4/h12,16-18,26H,6-11,13H2,1-5H3/t16-,17+,18+,20-,21-,22+,23?/m1/s1. The molecule has 3 nitrogen and oxygen atoms in total. The third-order valence-electron chi connectivity index (χ3n) is 9.66. The zero-order chi connectivity index (χ0) is 19.1. The quantitative estimate of drug-likeness (QED) is 0.752. The van der Waals surface area contributed by atoms with E-state index in [-0.39, 0.29) is 22.0 Å². The molecular formula is C23H34O3.